The minimum atomic E-state index is 0. The van der Waals surface area contributed by atoms with Gasteiger partial charge in [0.25, 0.3) is 0 Å². The van der Waals surface area contributed by atoms with Crippen molar-refractivity contribution >= 4 is 12.4 Å². The Morgan fingerprint density at radius 2 is 0.615 bits per heavy atom. The van der Waals surface area contributed by atoms with Crippen LogP contribution < -0.4 is 33.8 Å². The molecule has 7 heteroatoms. The second-order valence-electron chi connectivity index (χ2n) is 0.866. The van der Waals surface area contributed by atoms with Gasteiger partial charge in [-0.05, 0) is 0 Å². The number of quaternary nitrogens is 3. The zero-order chi connectivity index (χ0) is 8.12. The summed E-state index contributed by atoms with van der Waals surface area (Å²) in [5, 5.41) is 26.8. The van der Waals surface area contributed by atoms with Gasteiger partial charge in [-0.2, -0.15) is 0 Å². The van der Waals surface area contributed by atoms with Crippen molar-refractivity contribution in [1.29, 1.82) is 0 Å². The number of rotatable bonds is 0. The molecular formula is C6H28ClN3O3. The lowest BCUT2D eigenvalue weighted by Gasteiger charge is -1.79. The fourth-order valence-corrected chi connectivity index (χ4v) is 0. The maximum absolute atomic E-state index is 8.93. The molecule has 0 saturated carbocycles. The van der Waals surface area contributed by atoms with Gasteiger partial charge in [0.05, 0.1) is 0 Å². The molecule has 0 aromatic heterocycles. The molecule has 0 spiro atoms. The SMILES string of the molecule is CC[O-].CC[O-].CC[O-].Cl.[NH4+].[NH4+].[NH4+]. The highest BCUT2D eigenvalue weighted by atomic mass is 35.5. The Kier molecular flexibility index (Phi) is 630. The molecule has 0 bridgehead atoms. The molecule has 6 nitrogen and oxygen atoms in total. The molecule has 0 aliphatic rings. The predicted octanol–water partition coefficient (Wildman–Crippen LogP) is -0.350. The summed E-state index contributed by atoms with van der Waals surface area (Å²) in [6.07, 6.45) is 0. The van der Waals surface area contributed by atoms with Crippen LogP contribution in [0, 0.1) is 0 Å². The van der Waals surface area contributed by atoms with Crippen molar-refractivity contribution in [2.75, 3.05) is 19.8 Å². The van der Waals surface area contributed by atoms with Crippen molar-refractivity contribution in [3.63, 3.8) is 0 Å². The van der Waals surface area contributed by atoms with Crippen molar-refractivity contribution < 1.29 is 15.3 Å². The summed E-state index contributed by atoms with van der Waals surface area (Å²) >= 11 is 0. The first-order valence-electron chi connectivity index (χ1n) is 2.99. The summed E-state index contributed by atoms with van der Waals surface area (Å²) < 4.78 is 0. The molecule has 0 heterocycles. The molecule has 92 valence electrons. The Bertz CT molecular complexity index is 27.8. The summed E-state index contributed by atoms with van der Waals surface area (Å²) in [5.41, 5.74) is 0. The van der Waals surface area contributed by atoms with E-state index < -0.39 is 0 Å². The fourth-order valence-electron chi connectivity index (χ4n) is 0. The van der Waals surface area contributed by atoms with Crippen LogP contribution in [0.2, 0.25) is 0 Å². The first kappa shape index (κ1) is 51.8. The van der Waals surface area contributed by atoms with Gasteiger partial charge in [0.15, 0.2) is 0 Å². The normalized spacial score (nSPS) is 4.15. The van der Waals surface area contributed by atoms with Gasteiger partial charge in [0, 0.05) is 0 Å². The van der Waals surface area contributed by atoms with Crippen LogP contribution in [-0.2, 0) is 0 Å². The zero-order valence-electron chi connectivity index (χ0n) is 9.75. The van der Waals surface area contributed by atoms with Crippen LogP contribution in [0.4, 0.5) is 0 Å². The smallest absolute Gasteiger partial charge is 0.0809 e. The minimum Gasteiger partial charge on any atom is -0.855 e. The first-order chi connectivity index (χ1) is 4.24. The van der Waals surface area contributed by atoms with Crippen LogP contribution in [0.15, 0.2) is 0 Å². The van der Waals surface area contributed by atoms with Crippen LogP contribution >= 0.6 is 12.4 Å². The second-order valence-corrected chi connectivity index (χ2v) is 0.866. The third-order valence-electron chi connectivity index (χ3n) is 0. The molecule has 0 rings (SSSR count). The van der Waals surface area contributed by atoms with Gasteiger partial charge in [-0.15, -0.1) is 32.2 Å². The van der Waals surface area contributed by atoms with Gasteiger partial charge in [-0.1, -0.05) is 20.8 Å². The Labute approximate surface area is 87.5 Å². The standard InChI is InChI=1S/3C2H5O.ClH.3H3N/c3*1-2-3;;;;/h3*2H2,1H3;1H;3*1H3/q3*-1;;;;/p+3. The molecule has 0 amide bonds. The summed E-state index contributed by atoms with van der Waals surface area (Å²) in [4.78, 5) is 0. The van der Waals surface area contributed by atoms with Crippen molar-refractivity contribution in [3.05, 3.63) is 0 Å². The summed E-state index contributed by atoms with van der Waals surface area (Å²) in [6.45, 7) is 4.71. The topological polar surface area (TPSA) is 179 Å². The van der Waals surface area contributed by atoms with Crippen LogP contribution in [0.25, 0.3) is 0 Å². The quantitative estimate of drug-likeness (QED) is 0.511. The lowest BCUT2D eigenvalue weighted by Crippen LogP contribution is -1.97. The lowest BCUT2D eigenvalue weighted by atomic mass is 10.9. The Morgan fingerprint density at radius 3 is 0.615 bits per heavy atom. The molecular weight excluding hydrogens is 198 g/mol. The molecule has 12 N–H and O–H groups in total. The molecule has 0 saturated heterocycles. The highest BCUT2D eigenvalue weighted by molar-refractivity contribution is 5.85. The molecule has 13 heavy (non-hydrogen) atoms. The van der Waals surface area contributed by atoms with Gasteiger partial charge in [0.2, 0.25) is 0 Å². The van der Waals surface area contributed by atoms with Crippen molar-refractivity contribution in [2.45, 2.75) is 20.8 Å². The van der Waals surface area contributed by atoms with Crippen molar-refractivity contribution in [2.24, 2.45) is 0 Å². The van der Waals surface area contributed by atoms with Crippen molar-refractivity contribution in [3.8, 4) is 0 Å². The van der Waals surface area contributed by atoms with E-state index in [4.69, 9.17) is 15.3 Å². The maximum Gasteiger partial charge on any atom is -0.0809 e. The van der Waals surface area contributed by atoms with Crippen LogP contribution in [0.1, 0.15) is 20.8 Å². The van der Waals surface area contributed by atoms with E-state index in [2.05, 4.69) is 0 Å². The van der Waals surface area contributed by atoms with E-state index in [0.717, 1.165) is 0 Å². The van der Waals surface area contributed by atoms with Gasteiger partial charge in [-0.25, -0.2) is 0 Å². The van der Waals surface area contributed by atoms with Gasteiger partial charge in [0.1, 0.15) is 0 Å². The van der Waals surface area contributed by atoms with E-state index >= 15 is 0 Å². The Morgan fingerprint density at radius 1 is 0.615 bits per heavy atom. The average Bonchev–Trinajstić information content (AvgIpc) is 1.70. The molecule has 0 fully saturated rings. The Balaban J connectivity index is -0.00000000720. The lowest BCUT2D eigenvalue weighted by molar-refractivity contribution is -0.362. The number of halogens is 1. The van der Waals surface area contributed by atoms with Gasteiger partial charge >= 0.3 is 0 Å². The molecule has 0 unspecified atom stereocenters. The minimum absolute atomic E-state index is 0. The predicted molar refractivity (Wildman–Crippen MR) is 56.8 cm³/mol. The van der Waals surface area contributed by atoms with E-state index in [9.17, 15) is 0 Å². The molecule has 0 aliphatic heterocycles. The number of hydrogen-bond acceptors (Lipinski definition) is 3. The zero-order valence-corrected chi connectivity index (χ0v) is 10.6. The highest BCUT2D eigenvalue weighted by Gasteiger charge is 1.17. The fraction of sp³-hybridized carbons (Fsp3) is 1.00. The summed E-state index contributed by atoms with van der Waals surface area (Å²) in [6, 6.07) is 0. The molecule has 0 aliphatic carbocycles. The van der Waals surface area contributed by atoms with E-state index in [1.807, 2.05) is 0 Å². The third-order valence-corrected chi connectivity index (χ3v) is 0. The molecule has 0 atom stereocenters. The van der Waals surface area contributed by atoms with Crippen LogP contribution in [-0.4, -0.2) is 19.8 Å². The average molecular weight is 226 g/mol. The Hall–Kier alpha value is 0.0500. The molecule has 0 aromatic rings. The second kappa shape index (κ2) is 158. The van der Waals surface area contributed by atoms with Crippen molar-refractivity contribution in [1.82, 2.24) is 18.5 Å². The monoisotopic (exact) mass is 225 g/mol. The first-order valence-corrected chi connectivity index (χ1v) is 2.99. The van der Waals surface area contributed by atoms with E-state index in [1.54, 1.807) is 20.8 Å². The number of hydrogen-bond donors (Lipinski definition) is 3. The van der Waals surface area contributed by atoms with Gasteiger partial charge < -0.3 is 33.8 Å². The van der Waals surface area contributed by atoms with Crippen LogP contribution in [0.5, 0.6) is 0 Å². The van der Waals surface area contributed by atoms with E-state index in [0.29, 0.717) is 0 Å². The summed E-state index contributed by atoms with van der Waals surface area (Å²) in [7, 11) is 0. The highest BCUT2D eigenvalue weighted by Crippen LogP contribution is 1.19. The van der Waals surface area contributed by atoms with E-state index in [1.165, 1.54) is 0 Å². The van der Waals surface area contributed by atoms with Gasteiger partial charge in [-0.3, -0.25) is 0 Å². The maximum atomic E-state index is 8.93. The van der Waals surface area contributed by atoms with Crippen LogP contribution in [0.3, 0.4) is 0 Å². The largest absolute Gasteiger partial charge is 0.855 e. The summed E-state index contributed by atoms with van der Waals surface area (Å²) in [5.74, 6) is 0. The van der Waals surface area contributed by atoms with E-state index in [-0.39, 0.29) is 50.7 Å². The third kappa shape index (κ3) is 487000. The molecule has 0 radical (unpaired) electrons. The molecule has 0 aromatic carbocycles.